The summed E-state index contributed by atoms with van der Waals surface area (Å²) in [5.41, 5.74) is 9.64. The fraction of sp³-hybridized carbons (Fsp3) is 0.0250. The number of nitriles is 1. The van der Waals surface area contributed by atoms with Crippen molar-refractivity contribution in [1.82, 2.24) is 0 Å². The Morgan fingerprint density at radius 2 is 0.930 bits per heavy atom. The van der Waals surface area contributed by atoms with Crippen LogP contribution in [0.5, 0.6) is 0 Å². The number of hydrogen-bond donors (Lipinski definition) is 0. The average Bonchev–Trinajstić information content (AvgIpc) is 3.29. The SMILES string of the molecule is CP1(=O)c2ccccc2-c2ccc(-c3c4ccccc4c(-c4ccc(-c5ccc(C#N)cc5)cc4)c4ccccc34)cc21. The van der Waals surface area contributed by atoms with E-state index in [2.05, 4.69) is 103 Å². The van der Waals surface area contributed by atoms with Crippen molar-refractivity contribution in [3.63, 3.8) is 0 Å². The predicted octanol–water partition coefficient (Wildman–Crippen LogP) is 9.79. The van der Waals surface area contributed by atoms with E-state index in [0.29, 0.717) is 5.56 Å². The lowest BCUT2D eigenvalue weighted by molar-refractivity contribution is 0.591. The maximum atomic E-state index is 14.2. The molecule has 1 aliphatic rings. The van der Waals surface area contributed by atoms with E-state index in [1.54, 1.807) is 0 Å². The van der Waals surface area contributed by atoms with E-state index in [4.69, 9.17) is 5.26 Å². The second-order valence-corrected chi connectivity index (χ2v) is 14.1. The molecule has 1 heterocycles. The van der Waals surface area contributed by atoms with Gasteiger partial charge in [0.1, 0.15) is 7.14 Å². The molecule has 202 valence electrons. The molecule has 0 amide bonds. The summed E-state index contributed by atoms with van der Waals surface area (Å²) >= 11 is 0. The molecule has 7 aromatic rings. The summed E-state index contributed by atoms with van der Waals surface area (Å²) in [7, 11) is -2.70. The lowest BCUT2D eigenvalue weighted by atomic mass is 9.85. The summed E-state index contributed by atoms with van der Waals surface area (Å²) in [6.07, 6.45) is 0. The van der Waals surface area contributed by atoms with Crippen molar-refractivity contribution in [1.29, 1.82) is 5.26 Å². The highest BCUT2D eigenvalue weighted by molar-refractivity contribution is 7.79. The van der Waals surface area contributed by atoms with Crippen LogP contribution in [0.25, 0.3) is 66.1 Å². The molecular formula is C40H26NOP. The van der Waals surface area contributed by atoms with Gasteiger partial charge in [0.25, 0.3) is 0 Å². The lowest BCUT2D eigenvalue weighted by Crippen LogP contribution is -2.08. The Morgan fingerprint density at radius 1 is 0.488 bits per heavy atom. The van der Waals surface area contributed by atoms with Crippen LogP contribution in [0.3, 0.4) is 0 Å². The molecule has 1 aliphatic heterocycles. The van der Waals surface area contributed by atoms with Gasteiger partial charge in [-0.25, -0.2) is 0 Å². The zero-order valence-corrected chi connectivity index (χ0v) is 24.5. The standard InChI is InChI=1S/C40H26NOP/c1-43(42)37-13-7-6-8-31(37)32-23-22-30(24-38(32)43)40-35-11-4-2-9-33(35)39(34-10-3-5-12-36(34)40)29-20-18-28(19-21-29)27-16-14-26(25-41)15-17-27/h2-24H,1H3. The molecule has 43 heavy (non-hydrogen) atoms. The number of rotatable bonds is 3. The molecule has 3 heteroatoms. The van der Waals surface area contributed by atoms with Crippen molar-refractivity contribution in [2.75, 3.05) is 6.66 Å². The van der Waals surface area contributed by atoms with Gasteiger partial charge >= 0.3 is 0 Å². The van der Waals surface area contributed by atoms with Crippen LogP contribution in [0.1, 0.15) is 5.56 Å². The fourth-order valence-electron chi connectivity index (χ4n) is 6.79. The smallest absolute Gasteiger partial charge is 0.141 e. The highest BCUT2D eigenvalue weighted by atomic mass is 31.2. The Hall–Kier alpha value is -5.22. The summed E-state index contributed by atoms with van der Waals surface area (Å²) < 4.78 is 14.2. The fourth-order valence-corrected chi connectivity index (χ4v) is 9.11. The van der Waals surface area contributed by atoms with Crippen molar-refractivity contribution >= 4 is 39.3 Å². The second-order valence-electron chi connectivity index (χ2n) is 11.3. The summed E-state index contributed by atoms with van der Waals surface area (Å²) in [5.74, 6) is 0. The van der Waals surface area contributed by atoms with Gasteiger partial charge in [0.2, 0.25) is 0 Å². The summed E-state index contributed by atoms with van der Waals surface area (Å²) in [6.45, 7) is 1.91. The van der Waals surface area contributed by atoms with E-state index in [1.165, 1.54) is 32.7 Å². The molecule has 1 unspecified atom stereocenters. The van der Waals surface area contributed by atoms with Gasteiger partial charge in [-0.15, -0.1) is 0 Å². The average molecular weight is 568 g/mol. The van der Waals surface area contributed by atoms with Gasteiger partial charge in [-0.05, 0) is 90.9 Å². The van der Waals surface area contributed by atoms with Gasteiger partial charge in [-0.3, -0.25) is 0 Å². The Balaban J connectivity index is 1.33. The van der Waals surface area contributed by atoms with Crippen molar-refractivity contribution < 1.29 is 4.57 Å². The summed E-state index contributed by atoms with van der Waals surface area (Å²) in [6, 6.07) is 50.5. The predicted molar refractivity (Wildman–Crippen MR) is 181 cm³/mol. The molecule has 0 aromatic heterocycles. The molecule has 7 aromatic carbocycles. The van der Waals surface area contributed by atoms with Crippen LogP contribution in [-0.2, 0) is 4.57 Å². The molecule has 1 atom stereocenters. The third-order valence-corrected chi connectivity index (χ3v) is 11.5. The molecule has 0 radical (unpaired) electrons. The maximum Gasteiger partial charge on any atom is 0.141 e. The van der Waals surface area contributed by atoms with E-state index in [-0.39, 0.29) is 0 Å². The Morgan fingerprint density at radius 3 is 1.51 bits per heavy atom. The molecule has 0 N–H and O–H groups in total. The molecule has 8 rings (SSSR count). The first-order valence-electron chi connectivity index (χ1n) is 14.4. The minimum absolute atomic E-state index is 0.660. The van der Waals surface area contributed by atoms with E-state index in [0.717, 1.165) is 44.0 Å². The van der Waals surface area contributed by atoms with Gasteiger partial charge in [0.15, 0.2) is 0 Å². The summed E-state index contributed by atoms with van der Waals surface area (Å²) in [4.78, 5) is 0. The van der Waals surface area contributed by atoms with E-state index >= 15 is 0 Å². The molecule has 0 fully saturated rings. The van der Waals surface area contributed by atoms with E-state index < -0.39 is 7.14 Å². The zero-order chi connectivity index (χ0) is 29.1. The van der Waals surface area contributed by atoms with Crippen LogP contribution >= 0.6 is 7.14 Å². The molecule has 0 spiro atoms. The normalized spacial score (nSPS) is 15.3. The van der Waals surface area contributed by atoms with Crippen LogP contribution in [0.2, 0.25) is 0 Å². The van der Waals surface area contributed by atoms with Gasteiger partial charge < -0.3 is 4.57 Å². The maximum absolute atomic E-state index is 14.2. The first-order valence-corrected chi connectivity index (χ1v) is 16.6. The van der Waals surface area contributed by atoms with Crippen LogP contribution in [0.15, 0.2) is 140 Å². The minimum atomic E-state index is -2.70. The first-order chi connectivity index (χ1) is 21.0. The van der Waals surface area contributed by atoms with Crippen LogP contribution in [0.4, 0.5) is 0 Å². The largest absolute Gasteiger partial charge is 0.314 e. The van der Waals surface area contributed by atoms with Crippen LogP contribution in [0, 0.1) is 11.3 Å². The van der Waals surface area contributed by atoms with Crippen LogP contribution < -0.4 is 10.6 Å². The monoisotopic (exact) mass is 567 g/mol. The van der Waals surface area contributed by atoms with Crippen LogP contribution in [-0.4, -0.2) is 6.66 Å². The summed E-state index contributed by atoms with van der Waals surface area (Å²) in [5, 5.41) is 15.8. The second kappa shape index (κ2) is 9.67. The van der Waals surface area contributed by atoms with Gasteiger partial charge in [0, 0.05) is 10.6 Å². The first kappa shape index (κ1) is 25.5. The highest BCUT2D eigenvalue weighted by Gasteiger charge is 2.34. The van der Waals surface area contributed by atoms with Gasteiger partial charge in [-0.1, -0.05) is 121 Å². The lowest BCUT2D eigenvalue weighted by Gasteiger charge is -2.19. The number of fused-ring (bicyclic) bond motifs is 5. The molecule has 0 bridgehead atoms. The number of benzene rings is 7. The zero-order valence-electron chi connectivity index (χ0n) is 23.6. The highest BCUT2D eigenvalue weighted by Crippen LogP contribution is 2.51. The third-order valence-electron chi connectivity index (χ3n) is 8.85. The number of nitrogens with zero attached hydrogens (tertiary/aromatic N) is 1. The van der Waals surface area contributed by atoms with E-state index in [9.17, 15) is 4.57 Å². The molecule has 0 aliphatic carbocycles. The van der Waals surface area contributed by atoms with E-state index in [1.807, 2.05) is 49.1 Å². The third kappa shape index (κ3) is 3.90. The molecule has 2 nitrogen and oxygen atoms in total. The van der Waals surface area contributed by atoms with Crippen molar-refractivity contribution in [3.05, 3.63) is 145 Å². The van der Waals surface area contributed by atoms with Crippen molar-refractivity contribution in [3.8, 4) is 50.6 Å². The molecule has 0 saturated heterocycles. The topological polar surface area (TPSA) is 40.9 Å². The van der Waals surface area contributed by atoms with Gasteiger partial charge in [-0.2, -0.15) is 5.26 Å². The minimum Gasteiger partial charge on any atom is -0.314 e. The van der Waals surface area contributed by atoms with Crippen molar-refractivity contribution in [2.24, 2.45) is 0 Å². The number of hydrogen-bond acceptors (Lipinski definition) is 2. The van der Waals surface area contributed by atoms with Crippen molar-refractivity contribution in [2.45, 2.75) is 0 Å². The Kier molecular flexibility index (Phi) is 5.73. The Labute approximate surface area is 250 Å². The molecule has 0 saturated carbocycles. The quantitative estimate of drug-likeness (QED) is 0.158. The Bertz CT molecular complexity index is 2270. The van der Waals surface area contributed by atoms with Gasteiger partial charge in [0.05, 0.1) is 11.6 Å². The molecular weight excluding hydrogens is 541 g/mol.